The minimum absolute atomic E-state index is 0. The first-order chi connectivity index (χ1) is 13.3. The van der Waals surface area contributed by atoms with Crippen LogP contribution >= 0.6 is 12.4 Å². The van der Waals surface area contributed by atoms with E-state index in [-0.39, 0.29) is 24.9 Å². The lowest BCUT2D eigenvalue weighted by Crippen LogP contribution is -2.41. The van der Waals surface area contributed by atoms with E-state index in [1.54, 1.807) is 7.11 Å². The van der Waals surface area contributed by atoms with Crippen LogP contribution < -0.4 is 14.8 Å². The molecule has 2 aromatic rings. The van der Waals surface area contributed by atoms with Crippen LogP contribution in [0.2, 0.25) is 0 Å². The molecule has 1 aromatic heterocycles. The van der Waals surface area contributed by atoms with Crippen molar-refractivity contribution in [3.05, 3.63) is 35.9 Å². The fourth-order valence-corrected chi connectivity index (χ4v) is 3.77. The van der Waals surface area contributed by atoms with Crippen LogP contribution in [0.3, 0.4) is 0 Å². The number of hydrogen-bond acceptors (Lipinski definition) is 6. The molecule has 1 fully saturated rings. The standard InChI is InChI=1S/C19H25N5O3.ClH/c1-26-15-4-2-3-5-16(15)27-13-18(25)23-9-6-14(7-10-23)19-22-21-17-12-20-8-11-24(17)19;/h2-5,14,20H,6-13H2,1H3;1H. The van der Waals surface area contributed by atoms with Crippen molar-refractivity contribution in [2.75, 3.05) is 33.4 Å². The average molecular weight is 408 g/mol. The number of carbonyl (C=O) groups excluding carboxylic acids is 1. The second-order valence-electron chi connectivity index (χ2n) is 6.90. The highest BCUT2D eigenvalue weighted by molar-refractivity contribution is 5.85. The lowest BCUT2D eigenvalue weighted by atomic mass is 9.95. The summed E-state index contributed by atoms with van der Waals surface area (Å²) in [6.45, 7) is 4.12. The molecule has 1 saturated heterocycles. The summed E-state index contributed by atoms with van der Waals surface area (Å²) in [4.78, 5) is 14.4. The molecule has 0 aliphatic carbocycles. The highest BCUT2D eigenvalue weighted by Crippen LogP contribution is 2.29. The molecule has 2 aliphatic rings. The molecular formula is C19H26ClN5O3. The Morgan fingerprint density at radius 1 is 1.18 bits per heavy atom. The Kier molecular flexibility index (Phi) is 6.74. The van der Waals surface area contributed by atoms with Gasteiger partial charge in [-0.2, -0.15) is 0 Å². The number of benzene rings is 1. The van der Waals surface area contributed by atoms with Gasteiger partial charge in [0.15, 0.2) is 18.1 Å². The molecule has 0 atom stereocenters. The summed E-state index contributed by atoms with van der Waals surface area (Å²) in [5.41, 5.74) is 0. The smallest absolute Gasteiger partial charge is 0.260 e. The number of rotatable bonds is 5. The van der Waals surface area contributed by atoms with Crippen LogP contribution in [0.5, 0.6) is 11.5 Å². The van der Waals surface area contributed by atoms with E-state index in [4.69, 9.17) is 9.47 Å². The summed E-state index contributed by atoms with van der Waals surface area (Å²) in [6, 6.07) is 7.36. The zero-order chi connectivity index (χ0) is 18.6. The van der Waals surface area contributed by atoms with E-state index >= 15 is 0 Å². The number of likely N-dealkylation sites (tertiary alicyclic amines) is 1. The first kappa shape index (κ1) is 20.4. The molecule has 4 rings (SSSR count). The third-order valence-corrected chi connectivity index (χ3v) is 5.28. The lowest BCUT2D eigenvalue weighted by molar-refractivity contribution is -0.134. The summed E-state index contributed by atoms with van der Waals surface area (Å²) in [5.74, 6) is 3.68. The molecule has 28 heavy (non-hydrogen) atoms. The molecule has 1 N–H and O–H groups in total. The maximum Gasteiger partial charge on any atom is 0.260 e. The van der Waals surface area contributed by atoms with E-state index in [2.05, 4.69) is 20.1 Å². The Balaban J connectivity index is 0.00000225. The molecule has 152 valence electrons. The minimum Gasteiger partial charge on any atom is -0.493 e. The number of nitrogens with one attached hydrogen (secondary N) is 1. The van der Waals surface area contributed by atoms with Crippen LogP contribution in [0, 0.1) is 0 Å². The number of halogens is 1. The van der Waals surface area contributed by atoms with E-state index in [0.29, 0.717) is 17.4 Å². The number of para-hydroxylation sites is 2. The van der Waals surface area contributed by atoms with Crippen molar-refractivity contribution >= 4 is 18.3 Å². The van der Waals surface area contributed by atoms with Crippen LogP contribution in [-0.2, 0) is 17.9 Å². The number of amides is 1. The molecule has 0 radical (unpaired) electrons. The van der Waals surface area contributed by atoms with E-state index in [1.807, 2.05) is 29.2 Å². The zero-order valence-electron chi connectivity index (χ0n) is 16.0. The maximum atomic E-state index is 12.5. The Bertz CT molecular complexity index is 805. The number of nitrogens with zero attached hydrogens (tertiary/aromatic N) is 4. The van der Waals surface area contributed by atoms with Crippen molar-refractivity contribution in [1.82, 2.24) is 25.0 Å². The molecular weight excluding hydrogens is 382 g/mol. The Labute approximate surface area is 170 Å². The van der Waals surface area contributed by atoms with Gasteiger partial charge in [-0.25, -0.2) is 0 Å². The van der Waals surface area contributed by atoms with Crippen molar-refractivity contribution in [3.63, 3.8) is 0 Å². The van der Waals surface area contributed by atoms with Gasteiger partial charge in [-0.3, -0.25) is 4.79 Å². The number of methoxy groups -OCH3 is 1. The number of aromatic nitrogens is 3. The molecule has 0 bridgehead atoms. The number of carbonyl (C=O) groups is 1. The van der Waals surface area contributed by atoms with E-state index in [9.17, 15) is 4.79 Å². The largest absolute Gasteiger partial charge is 0.493 e. The third kappa shape index (κ3) is 4.23. The molecule has 2 aliphatic heterocycles. The summed E-state index contributed by atoms with van der Waals surface area (Å²) in [5, 5.41) is 12.0. The van der Waals surface area contributed by atoms with Gasteiger partial charge in [0, 0.05) is 32.1 Å². The second-order valence-corrected chi connectivity index (χ2v) is 6.90. The van der Waals surface area contributed by atoms with Crippen LogP contribution in [0.15, 0.2) is 24.3 Å². The van der Waals surface area contributed by atoms with Crippen LogP contribution in [0.1, 0.15) is 30.4 Å². The van der Waals surface area contributed by atoms with E-state index in [0.717, 1.165) is 57.2 Å². The van der Waals surface area contributed by atoms with Gasteiger partial charge in [0.25, 0.3) is 5.91 Å². The molecule has 8 nitrogen and oxygen atoms in total. The van der Waals surface area contributed by atoms with Crippen molar-refractivity contribution in [2.24, 2.45) is 0 Å². The van der Waals surface area contributed by atoms with Gasteiger partial charge in [-0.15, -0.1) is 22.6 Å². The van der Waals surface area contributed by atoms with E-state index < -0.39 is 0 Å². The van der Waals surface area contributed by atoms with Gasteiger partial charge in [0.1, 0.15) is 11.6 Å². The molecule has 1 amide bonds. The molecule has 3 heterocycles. The topological polar surface area (TPSA) is 81.5 Å². The van der Waals surface area contributed by atoms with Crippen LogP contribution in [0.4, 0.5) is 0 Å². The monoisotopic (exact) mass is 407 g/mol. The Hall–Kier alpha value is -2.32. The van der Waals surface area contributed by atoms with Crippen molar-refractivity contribution < 1.29 is 14.3 Å². The van der Waals surface area contributed by atoms with Gasteiger partial charge < -0.3 is 24.3 Å². The fraction of sp³-hybridized carbons (Fsp3) is 0.526. The molecule has 0 saturated carbocycles. The zero-order valence-corrected chi connectivity index (χ0v) is 16.8. The first-order valence-corrected chi connectivity index (χ1v) is 9.42. The fourth-order valence-electron chi connectivity index (χ4n) is 3.77. The molecule has 0 spiro atoms. The summed E-state index contributed by atoms with van der Waals surface area (Å²) < 4.78 is 13.2. The van der Waals surface area contributed by atoms with Crippen molar-refractivity contribution in [3.8, 4) is 11.5 Å². The average Bonchev–Trinajstić information content (AvgIpc) is 3.16. The van der Waals surface area contributed by atoms with Crippen LogP contribution in [0.25, 0.3) is 0 Å². The summed E-state index contributed by atoms with van der Waals surface area (Å²) in [7, 11) is 1.59. The molecule has 1 aromatic carbocycles. The number of piperidine rings is 1. The molecule has 0 unspecified atom stereocenters. The Morgan fingerprint density at radius 3 is 2.68 bits per heavy atom. The predicted molar refractivity (Wildman–Crippen MR) is 106 cm³/mol. The first-order valence-electron chi connectivity index (χ1n) is 9.42. The predicted octanol–water partition coefficient (Wildman–Crippen LogP) is 1.60. The summed E-state index contributed by atoms with van der Waals surface area (Å²) >= 11 is 0. The quantitative estimate of drug-likeness (QED) is 0.810. The SMILES string of the molecule is COc1ccccc1OCC(=O)N1CCC(c2nnc3n2CCNC3)CC1.Cl. The van der Waals surface area contributed by atoms with Gasteiger partial charge in [-0.05, 0) is 25.0 Å². The highest BCUT2D eigenvalue weighted by atomic mass is 35.5. The van der Waals surface area contributed by atoms with Crippen molar-refractivity contribution in [2.45, 2.75) is 31.8 Å². The Morgan fingerprint density at radius 2 is 1.93 bits per heavy atom. The third-order valence-electron chi connectivity index (χ3n) is 5.28. The minimum atomic E-state index is 0. The maximum absolute atomic E-state index is 12.5. The van der Waals surface area contributed by atoms with Gasteiger partial charge in [0.2, 0.25) is 0 Å². The van der Waals surface area contributed by atoms with Gasteiger partial charge in [0.05, 0.1) is 13.7 Å². The van der Waals surface area contributed by atoms with E-state index in [1.165, 1.54) is 0 Å². The lowest BCUT2D eigenvalue weighted by Gasteiger charge is -2.32. The number of hydrogen-bond donors (Lipinski definition) is 1. The second kappa shape index (κ2) is 9.25. The molecule has 9 heteroatoms. The van der Waals surface area contributed by atoms with Crippen molar-refractivity contribution in [1.29, 1.82) is 0 Å². The summed E-state index contributed by atoms with van der Waals surface area (Å²) in [6.07, 6.45) is 1.82. The number of ether oxygens (including phenoxy) is 2. The van der Waals surface area contributed by atoms with Gasteiger partial charge in [-0.1, -0.05) is 12.1 Å². The normalized spacial score (nSPS) is 16.8. The number of fused-ring (bicyclic) bond motifs is 1. The van der Waals surface area contributed by atoms with Gasteiger partial charge >= 0.3 is 0 Å². The highest BCUT2D eigenvalue weighted by Gasteiger charge is 2.28. The van der Waals surface area contributed by atoms with Crippen LogP contribution in [-0.4, -0.2) is 58.9 Å².